The number of benzene rings is 1. The average Bonchev–Trinajstić information content (AvgIpc) is 3.13. The van der Waals surface area contributed by atoms with E-state index in [1.54, 1.807) is 4.90 Å². The van der Waals surface area contributed by atoms with Crippen molar-refractivity contribution in [1.29, 1.82) is 0 Å². The van der Waals surface area contributed by atoms with Crippen molar-refractivity contribution in [3.63, 3.8) is 0 Å². The van der Waals surface area contributed by atoms with Crippen molar-refractivity contribution in [3.8, 4) is 0 Å². The Labute approximate surface area is 166 Å². The first-order chi connectivity index (χ1) is 13.4. The fraction of sp³-hybridized carbons (Fsp3) is 0.571. The van der Waals surface area contributed by atoms with Crippen LogP contribution in [0.3, 0.4) is 0 Å². The summed E-state index contributed by atoms with van der Waals surface area (Å²) < 4.78 is 0. The lowest BCUT2D eigenvalue weighted by Crippen LogP contribution is -2.60. The first kappa shape index (κ1) is 20.3. The average molecular weight is 386 g/mol. The highest BCUT2D eigenvalue weighted by Gasteiger charge is 2.46. The van der Waals surface area contributed by atoms with E-state index in [4.69, 9.17) is 5.73 Å². The zero-order valence-corrected chi connectivity index (χ0v) is 16.6. The number of nitrogens with two attached hydrogens (primary N) is 1. The van der Waals surface area contributed by atoms with Crippen molar-refractivity contribution in [1.82, 2.24) is 15.5 Å². The number of piperidine rings is 1. The minimum absolute atomic E-state index is 0.00487. The van der Waals surface area contributed by atoms with Crippen molar-refractivity contribution in [2.45, 2.75) is 70.2 Å². The number of hydrogen-bond acceptors (Lipinski definition) is 4. The van der Waals surface area contributed by atoms with Crippen LogP contribution in [0.5, 0.6) is 0 Å². The normalized spacial score (nSPS) is 25.4. The molecule has 1 aromatic rings. The van der Waals surface area contributed by atoms with Gasteiger partial charge in [0.15, 0.2) is 0 Å². The molecule has 152 valence electrons. The Balaban J connectivity index is 1.62. The molecule has 0 aromatic heterocycles. The summed E-state index contributed by atoms with van der Waals surface area (Å²) in [4.78, 5) is 39.7. The first-order valence-electron chi connectivity index (χ1n) is 10.1. The molecule has 1 aromatic carbocycles. The molecule has 2 fully saturated rings. The second kappa shape index (κ2) is 8.73. The van der Waals surface area contributed by atoms with E-state index in [1.165, 1.54) is 0 Å². The quantitative estimate of drug-likeness (QED) is 0.676. The molecular weight excluding hydrogens is 356 g/mol. The smallest absolute Gasteiger partial charge is 0.246 e. The maximum absolute atomic E-state index is 13.0. The molecule has 0 aliphatic carbocycles. The highest BCUT2D eigenvalue weighted by atomic mass is 16.2. The fourth-order valence-electron chi connectivity index (χ4n) is 4.03. The molecule has 1 unspecified atom stereocenters. The Bertz CT molecular complexity index is 722. The molecule has 4 atom stereocenters. The van der Waals surface area contributed by atoms with Gasteiger partial charge >= 0.3 is 0 Å². The third-order valence-electron chi connectivity index (χ3n) is 5.79. The number of nitrogens with zero attached hydrogens (tertiary/aromatic N) is 1. The van der Waals surface area contributed by atoms with Crippen LogP contribution in [0.1, 0.15) is 45.1 Å². The molecule has 0 bridgehead atoms. The van der Waals surface area contributed by atoms with Crippen molar-refractivity contribution in [2.75, 3.05) is 0 Å². The van der Waals surface area contributed by atoms with Crippen LogP contribution in [0.25, 0.3) is 0 Å². The van der Waals surface area contributed by atoms with Gasteiger partial charge in [-0.05, 0) is 37.2 Å². The van der Waals surface area contributed by atoms with Crippen molar-refractivity contribution >= 4 is 17.7 Å². The van der Waals surface area contributed by atoms with Gasteiger partial charge in [-0.3, -0.25) is 14.4 Å². The van der Waals surface area contributed by atoms with Gasteiger partial charge in [0, 0.05) is 12.6 Å². The largest absolute Gasteiger partial charge is 0.350 e. The van der Waals surface area contributed by atoms with Gasteiger partial charge in [0.1, 0.15) is 12.1 Å². The van der Waals surface area contributed by atoms with Gasteiger partial charge < -0.3 is 21.3 Å². The van der Waals surface area contributed by atoms with E-state index in [2.05, 4.69) is 10.6 Å². The van der Waals surface area contributed by atoms with E-state index in [9.17, 15) is 14.4 Å². The predicted molar refractivity (Wildman–Crippen MR) is 106 cm³/mol. The molecular formula is C21H30N4O3. The van der Waals surface area contributed by atoms with Crippen molar-refractivity contribution in [3.05, 3.63) is 35.9 Å². The highest BCUT2D eigenvalue weighted by molar-refractivity contribution is 5.94. The highest BCUT2D eigenvalue weighted by Crippen LogP contribution is 2.32. The topological polar surface area (TPSA) is 105 Å². The SMILES string of the molecule is CC(C)[C@H](N)C(=O)N[C@H]1CCC2CC[C@@H](C(=O)NCc3ccccc3)N2C1=O. The molecule has 2 aliphatic heterocycles. The van der Waals surface area contributed by atoms with Gasteiger partial charge in [0.05, 0.1) is 6.04 Å². The fourth-order valence-corrected chi connectivity index (χ4v) is 4.03. The Hall–Kier alpha value is -2.41. The number of hydrogen-bond donors (Lipinski definition) is 3. The summed E-state index contributed by atoms with van der Waals surface area (Å²) in [5, 5.41) is 5.74. The predicted octanol–water partition coefficient (Wildman–Crippen LogP) is 0.924. The van der Waals surface area contributed by atoms with Gasteiger partial charge in [-0.1, -0.05) is 44.2 Å². The first-order valence-corrected chi connectivity index (χ1v) is 10.1. The number of nitrogens with one attached hydrogen (secondary N) is 2. The summed E-state index contributed by atoms with van der Waals surface area (Å²) in [5.74, 6) is -0.616. The van der Waals surface area contributed by atoms with E-state index < -0.39 is 18.1 Å². The number of carbonyl (C=O) groups is 3. The molecule has 4 N–H and O–H groups in total. The molecule has 7 nitrogen and oxygen atoms in total. The summed E-state index contributed by atoms with van der Waals surface area (Å²) in [6, 6.07) is 8.04. The van der Waals surface area contributed by atoms with Crippen LogP contribution < -0.4 is 16.4 Å². The second-order valence-electron chi connectivity index (χ2n) is 8.10. The number of carbonyl (C=O) groups excluding carboxylic acids is 3. The number of rotatable bonds is 6. The van der Waals surface area contributed by atoms with Gasteiger partial charge in [-0.25, -0.2) is 0 Å². The molecule has 2 heterocycles. The summed E-state index contributed by atoms with van der Waals surface area (Å²) in [5.41, 5.74) is 6.92. The van der Waals surface area contributed by atoms with Crippen molar-refractivity contribution in [2.24, 2.45) is 11.7 Å². The Morgan fingerprint density at radius 3 is 2.50 bits per heavy atom. The van der Waals surface area contributed by atoms with Crippen LogP contribution >= 0.6 is 0 Å². The lowest BCUT2D eigenvalue weighted by atomic mass is 9.97. The van der Waals surface area contributed by atoms with Crippen LogP contribution in [-0.4, -0.2) is 46.8 Å². The van der Waals surface area contributed by atoms with E-state index >= 15 is 0 Å². The van der Waals surface area contributed by atoms with Crippen LogP contribution in [0.2, 0.25) is 0 Å². The van der Waals surface area contributed by atoms with E-state index in [0.717, 1.165) is 18.4 Å². The van der Waals surface area contributed by atoms with Gasteiger partial charge in [-0.15, -0.1) is 0 Å². The summed E-state index contributed by atoms with van der Waals surface area (Å²) in [6.45, 7) is 4.18. The van der Waals surface area contributed by atoms with Crippen molar-refractivity contribution < 1.29 is 14.4 Å². The zero-order chi connectivity index (χ0) is 20.3. The van der Waals surface area contributed by atoms with Gasteiger partial charge in [0.2, 0.25) is 17.7 Å². The van der Waals surface area contributed by atoms with Crippen LogP contribution in [0.4, 0.5) is 0 Å². The minimum atomic E-state index is -0.644. The summed E-state index contributed by atoms with van der Waals surface area (Å²) in [7, 11) is 0. The van der Waals surface area contributed by atoms with Gasteiger partial charge in [-0.2, -0.15) is 0 Å². The molecule has 28 heavy (non-hydrogen) atoms. The zero-order valence-electron chi connectivity index (χ0n) is 16.6. The molecule has 0 saturated carbocycles. The lowest BCUT2D eigenvalue weighted by molar-refractivity contribution is -0.146. The maximum atomic E-state index is 13.0. The Morgan fingerprint density at radius 2 is 1.82 bits per heavy atom. The lowest BCUT2D eigenvalue weighted by Gasteiger charge is -2.38. The summed E-state index contributed by atoms with van der Waals surface area (Å²) in [6.07, 6.45) is 2.86. The van der Waals surface area contributed by atoms with E-state index in [0.29, 0.717) is 19.4 Å². The third kappa shape index (κ3) is 4.35. The molecule has 7 heteroatoms. The molecule has 3 amide bonds. The monoisotopic (exact) mass is 386 g/mol. The van der Waals surface area contributed by atoms with Crippen LogP contribution in [0, 0.1) is 5.92 Å². The third-order valence-corrected chi connectivity index (χ3v) is 5.79. The van der Waals surface area contributed by atoms with Gasteiger partial charge in [0.25, 0.3) is 0 Å². The van der Waals surface area contributed by atoms with Crippen LogP contribution in [0.15, 0.2) is 30.3 Å². The van der Waals surface area contributed by atoms with Crippen LogP contribution in [-0.2, 0) is 20.9 Å². The number of amides is 3. The summed E-state index contributed by atoms with van der Waals surface area (Å²) >= 11 is 0. The molecule has 0 radical (unpaired) electrons. The standard InChI is InChI=1S/C21H30N4O3/c1-13(2)18(22)20(27)24-16-10-8-15-9-11-17(25(15)21(16)28)19(26)23-12-14-6-4-3-5-7-14/h3-7,13,15-18H,8-12,22H2,1-2H3,(H,23,26)(H,24,27)/t15?,16-,17-,18-/m0/s1. The van der Waals surface area contributed by atoms with E-state index in [-0.39, 0.29) is 29.7 Å². The Kier molecular flexibility index (Phi) is 6.34. The maximum Gasteiger partial charge on any atom is 0.246 e. The van der Waals surface area contributed by atoms with E-state index in [1.807, 2.05) is 44.2 Å². The molecule has 0 spiro atoms. The molecule has 3 rings (SSSR count). The second-order valence-corrected chi connectivity index (χ2v) is 8.10. The Morgan fingerprint density at radius 1 is 1.14 bits per heavy atom. The molecule has 2 aliphatic rings. The number of fused-ring (bicyclic) bond motifs is 1. The molecule has 2 saturated heterocycles. The minimum Gasteiger partial charge on any atom is -0.350 e.